The SMILES string of the molecule is Cc1c(C)n(-c2ccc3c(c2)c2ccccc2n3-c2ccccc2)c2ccccc12. The van der Waals surface area contributed by atoms with E-state index in [1.54, 1.807) is 0 Å². The smallest absolute Gasteiger partial charge is 0.0542 e. The summed E-state index contributed by atoms with van der Waals surface area (Å²) in [5, 5.41) is 3.88. The van der Waals surface area contributed by atoms with E-state index in [-0.39, 0.29) is 0 Å². The second-order valence-corrected chi connectivity index (χ2v) is 7.95. The molecule has 0 amide bonds. The Morgan fingerprint density at radius 3 is 1.83 bits per heavy atom. The normalized spacial score (nSPS) is 11.7. The molecule has 0 spiro atoms. The number of para-hydroxylation sites is 3. The third-order valence-corrected chi connectivity index (χ3v) is 6.36. The van der Waals surface area contributed by atoms with Crippen LogP contribution in [0.5, 0.6) is 0 Å². The number of hydrogen-bond acceptors (Lipinski definition) is 0. The van der Waals surface area contributed by atoms with Gasteiger partial charge in [-0.25, -0.2) is 0 Å². The molecule has 2 nitrogen and oxygen atoms in total. The van der Waals surface area contributed by atoms with Gasteiger partial charge in [-0.15, -0.1) is 0 Å². The van der Waals surface area contributed by atoms with Crippen molar-refractivity contribution >= 4 is 32.7 Å². The van der Waals surface area contributed by atoms with E-state index in [1.165, 1.54) is 55.3 Å². The lowest BCUT2D eigenvalue weighted by Crippen LogP contribution is -1.97. The molecule has 0 radical (unpaired) electrons. The quantitative estimate of drug-likeness (QED) is 0.294. The number of aryl methyl sites for hydroxylation is 1. The molecule has 0 saturated carbocycles. The maximum Gasteiger partial charge on any atom is 0.0542 e. The summed E-state index contributed by atoms with van der Waals surface area (Å²) in [6.45, 7) is 4.43. The van der Waals surface area contributed by atoms with Crippen molar-refractivity contribution in [1.29, 1.82) is 0 Å². The predicted octanol–water partition coefficient (Wildman–Crippen LogP) is 7.34. The molecular weight excluding hydrogens is 364 g/mol. The second-order valence-electron chi connectivity index (χ2n) is 7.95. The van der Waals surface area contributed by atoms with Gasteiger partial charge in [0.25, 0.3) is 0 Å². The average molecular weight is 386 g/mol. The van der Waals surface area contributed by atoms with Crippen LogP contribution in [0.2, 0.25) is 0 Å². The van der Waals surface area contributed by atoms with Crippen LogP contribution in [0, 0.1) is 13.8 Å². The first kappa shape index (κ1) is 17.1. The molecule has 144 valence electrons. The van der Waals surface area contributed by atoms with Crippen LogP contribution in [0.4, 0.5) is 0 Å². The van der Waals surface area contributed by atoms with Gasteiger partial charge < -0.3 is 9.13 Å². The van der Waals surface area contributed by atoms with Crippen LogP contribution < -0.4 is 0 Å². The van der Waals surface area contributed by atoms with Crippen molar-refractivity contribution in [3.8, 4) is 11.4 Å². The highest BCUT2D eigenvalue weighted by Crippen LogP contribution is 2.35. The summed E-state index contributed by atoms with van der Waals surface area (Å²) >= 11 is 0. The minimum absolute atomic E-state index is 1.19. The Hall–Kier alpha value is -3.78. The maximum absolute atomic E-state index is 2.39. The zero-order valence-corrected chi connectivity index (χ0v) is 17.1. The number of benzene rings is 4. The highest BCUT2D eigenvalue weighted by atomic mass is 15.0. The highest BCUT2D eigenvalue weighted by molar-refractivity contribution is 6.10. The summed E-state index contributed by atoms with van der Waals surface area (Å²) < 4.78 is 4.75. The molecule has 0 aliphatic carbocycles. The minimum atomic E-state index is 1.19. The van der Waals surface area contributed by atoms with Gasteiger partial charge in [0.05, 0.1) is 16.6 Å². The molecule has 0 aliphatic rings. The van der Waals surface area contributed by atoms with Crippen molar-refractivity contribution in [3.05, 3.63) is 108 Å². The van der Waals surface area contributed by atoms with E-state index in [9.17, 15) is 0 Å². The molecule has 0 fully saturated rings. The summed E-state index contributed by atoms with van der Waals surface area (Å²) in [6.07, 6.45) is 0. The largest absolute Gasteiger partial charge is 0.314 e. The molecule has 2 heterocycles. The first-order valence-corrected chi connectivity index (χ1v) is 10.4. The summed E-state index contributed by atoms with van der Waals surface area (Å²) in [6, 6.07) is 34.8. The van der Waals surface area contributed by atoms with Gasteiger partial charge in [0, 0.05) is 33.2 Å². The summed E-state index contributed by atoms with van der Waals surface area (Å²) in [5.74, 6) is 0. The zero-order valence-electron chi connectivity index (χ0n) is 17.1. The molecule has 0 unspecified atom stereocenters. The molecular formula is C28H22N2. The Morgan fingerprint density at radius 1 is 0.467 bits per heavy atom. The Labute approximate surface area is 175 Å². The molecule has 0 aliphatic heterocycles. The number of fused-ring (bicyclic) bond motifs is 4. The molecule has 0 N–H and O–H groups in total. The summed E-state index contributed by atoms with van der Waals surface area (Å²) in [4.78, 5) is 0. The van der Waals surface area contributed by atoms with E-state index in [0.717, 1.165) is 0 Å². The Balaban J connectivity index is 1.70. The van der Waals surface area contributed by atoms with Gasteiger partial charge in [-0.3, -0.25) is 0 Å². The first-order chi connectivity index (χ1) is 14.7. The molecule has 0 atom stereocenters. The van der Waals surface area contributed by atoms with Gasteiger partial charge in [0.15, 0.2) is 0 Å². The molecule has 4 aromatic carbocycles. The van der Waals surface area contributed by atoms with E-state index >= 15 is 0 Å². The molecule has 6 aromatic rings. The molecule has 6 rings (SSSR count). The van der Waals surface area contributed by atoms with E-state index in [4.69, 9.17) is 0 Å². The van der Waals surface area contributed by atoms with Gasteiger partial charge in [-0.1, -0.05) is 54.6 Å². The van der Waals surface area contributed by atoms with Gasteiger partial charge in [0.2, 0.25) is 0 Å². The molecule has 30 heavy (non-hydrogen) atoms. The third-order valence-electron chi connectivity index (χ3n) is 6.36. The number of rotatable bonds is 2. The van der Waals surface area contributed by atoms with E-state index < -0.39 is 0 Å². The van der Waals surface area contributed by atoms with Crippen molar-refractivity contribution in [2.45, 2.75) is 13.8 Å². The van der Waals surface area contributed by atoms with Crippen molar-refractivity contribution in [1.82, 2.24) is 9.13 Å². The summed E-state index contributed by atoms with van der Waals surface area (Å²) in [5.41, 5.74) is 8.77. The molecule has 2 heteroatoms. The fraction of sp³-hybridized carbons (Fsp3) is 0.0714. The second kappa shape index (κ2) is 6.36. The van der Waals surface area contributed by atoms with Crippen molar-refractivity contribution in [2.75, 3.05) is 0 Å². The number of hydrogen-bond donors (Lipinski definition) is 0. The van der Waals surface area contributed by atoms with Gasteiger partial charge >= 0.3 is 0 Å². The van der Waals surface area contributed by atoms with Crippen LogP contribution >= 0.6 is 0 Å². The number of nitrogens with zero attached hydrogens (tertiary/aromatic N) is 2. The lowest BCUT2D eigenvalue weighted by Gasteiger charge is -2.11. The van der Waals surface area contributed by atoms with Gasteiger partial charge in [-0.05, 0) is 61.9 Å². The fourth-order valence-corrected chi connectivity index (χ4v) is 4.82. The zero-order chi connectivity index (χ0) is 20.2. The predicted molar refractivity (Wildman–Crippen MR) is 127 cm³/mol. The Morgan fingerprint density at radius 2 is 1.07 bits per heavy atom. The lowest BCUT2D eigenvalue weighted by molar-refractivity contribution is 1.04. The minimum Gasteiger partial charge on any atom is -0.314 e. The van der Waals surface area contributed by atoms with Crippen LogP contribution in [0.1, 0.15) is 11.3 Å². The van der Waals surface area contributed by atoms with E-state index in [0.29, 0.717) is 0 Å². The molecule has 2 aromatic heterocycles. The van der Waals surface area contributed by atoms with Crippen LogP contribution in [-0.4, -0.2) is 9.13 Å². The third kappa shape index (κ3) is 2.31. The van der Waals surface area contributed by atoms with Crippen LogP contribution in [0.25, 0.3) is 44.1 Å². The summed E-state index contributed by atoms with van der Waals surface area (Å²) in [7, 11) is 0. The van der Waals surface area contributed by atoms with E-state index in [1.807, 2.05) is 0 Å². The lowest BCUT2D eigenvalue weighted by atomic mass is 10.1. The highest BCUT2D eigenvalue weighted by Gasteiger charge is 2.15. The van der Waals surface area contributed by atoms with Gasteiger partial charge in [-0.2, -0.15) is 0 Å². The van der Waals surface area contributed by atoms with Crippen LogP contribution in [0.3, 0.4) is 0 Å². The van der Waals surface area contributed by atoms with Crippen molar-refractivity contribution < 1.29 is 0 Å². The fourth-order valence-electron chi connectivity index (χ4n) is 4.82. The topological polar surface area (TPSA) is 9.86 Å². The van der Waals surface area contributed by atoms with Gasteiger partial charge in [0.1, 0.15) is 0 Å². The molecule has 0 bridgehead atoms. The maximum atomic E-state index is 2.39. The van der Waals surface area contributed by atoms with Crippen LogP contribution in [0.15, 0.2) is 97.1 Å². The average Bonchev–Trinajstić information content (AvgIpc) is 3.26. The molecule has 0 saturated heterocycles. The van der Waals surface area contributed by atoms with E-state index in [2.05, 4.69) is 120 Å². The first-order valence-electron chi connectivity index (χ1n) is 10.4. The Kier molecular flexibility index (Phi) is 3.63. The number of aromatic nitrogens is 2. The Bertz CT molecular complexity index is 1550. The van der Waals surface area contributed by atoms with Crippen molar-refractivity contribution in [2.24, 2.45) is 0 Å². The monoisotopic (exact) mass is 386 g/mol. The van der Waals surface area contributed by atoms with Crippen molar-refractivity contribution in [3.63, 3.8) is 0 Å². The standard InChI is InChI=1S/C28H22N2/c1-19-20(2)29(26-14-8-6-12-23(19)26)22-16-17-28-25(18-22)24-13-7-9-15-27(24)30(28)21-10-4-3-5-11-21/h3-18H,1-2H3. The van der Waals surface area contributed by atoms with Crippen LogP contribution in [-0.2, 0) is 0 Å².